The molecule has 24 heavy (non-hydrogen) atoms. The van der Waals surface area contributed by atoms with Crippen LogP contribution in [0.25, 0.3) is 22.2 Å². The Morgan fingerprint density at radius 3 is 2.83 bits per heavy atom. The molecule has 1 saturated carbocycles. The third kappa shape index (κ3) is 3.04. The molecule has 1 fully saturated rings. The van der Waals surface area contributed by atoms with Gasteiger partial charge in [-0.1, -0.05) is 30.9 Å². The number of anilines is 1. The average Bonchev–Trinajstić information content (AvgIpc) is 2.98. The number of pyridine rings is 2. The standard InChI is InChI=1S/C18H19ClN4O/c19-16-6-11(7-17(23-16)22-12-4-2-1-3-5-12)15-10-21-18-14(15)8-13(24)9-20-18/h6-10,12,24H,1-5H2,(H,20,21)(H,22,23). The number of rotatable bonds is 3. The van der Waals surface area contributed by atoms with Gasteiger partial charge in [0.1, 0.15) is 22.4 Å². The Kier molecular flexibility index (Phi) is 4.02. The van der Waals surface area contributed by atoms with E-state index in [1.807, 2.05) is 18.3 Å². The van der Waals surface area contributed by atoms with Gasteiger partial charge >= 0.3 is 0 Å². The van der Waals surface area contributed by atoms with E-state index in [0.29, 0.717) is 11.2 Å². The van der Waals surface area contributed by atoms with Gasteiger partial charge in [-0.15, -0.1) is 0 Å². The Balaban J connectivity index is 1.70. The highest BCUT2D eigenvalue weighted by atomic mass is 35.5. The molecular formula is C18H19ClN4O. The molecule has 0 amide bonds. The van der Waals surface area contributed by atoms with Crippen LogP contribution in [0.3, 0.4) is 0 Å². The number of H-pyrrole nitrogens is 1. The molecule has 124 valence electrons. The Morgan fingerprint density at radius 2 is 2.00 bits per heavy atom. The number of hydrogen-bond donors (Lipinski definition) is 3. The fourth-order valence-electron chi connectivity index (χ4n) is 3.41. The summed E-state index contributed by atoms with van der Waals surface area (Å²) >= 11 is 6.24. The SMILES string of the molecule is Oc1cnc2[nH]cc(-c3cc(Cl)nc(NC4CCCCC4)c3)c2c1. The quantitative estimate of drug-likeness (QED) is 0.602. The second-order valence-electron chi connectivity index (χ2n) is 6.34. The summed E-state index contributed by atoms with van der Waals surface area (Å²) in [4.78, 5) is 11.7. The molecule has 0 unspecified atom stereocenters. The van der Waals surface area contributed by atoms with Crippen LogP contribution in [0.15, 0.2) is 30.6 Å². The molecule has 0 saturated heterocycles. The smallest absolute Gasteiger partial charge is 0.138 e. The maximum atomic E-state index is 9.72. The van der Waals surface area contributed by atoms with Crippen molar-refractivity contribution >= 4 is 28.5 Å². The van der Waals surface area contributed by atoms with Gasteiger partial charge in [0.15, 0.2) is 0 Å². The van der Waals surface area contributed by atoms with Gasteiger partial charge in [-0.3, -0.25) is 0 Å². The van der Waals surface area contributed by atoms with Crippen molar-refractivity contribution in [2.45, 2.75) is 38.1 Å². The molecule has 0 aliphatic heterocycles. The highest BCUT2D eigenvalue weighted by molar-refractivity contribution is 6.29. The van der Waals surface area contributed by atoms with Gasteiger partial charge in [0.25, 0.3) is 0 Å². The first-order valence-electron chi connectivity index (χ1n) is 8.29. The zero-order valence-corrected chi connectivity index (χ0v) is 14.0. The molecule has 0 bridgehead atoms. The molecular weight excluding hydrogens is 324 g/mol. The Morgan fingerprint density at radius 1 is 1.17 bits per heavy atom. The van der Waals surface area contributed by atoms with E-state index in [4.69, 9.17) is 11.6 Å². The van der Waals surface area contributed by atoms with E-state index in [-0.39, 0.29) is 5.75 Å². The summed E-state index contributed by atoms with van der Waals surface area (Å²) < 4.78 is 0. The summed E-state index contributed by atoms with van der Waals surface area (Å²) in [5, 5.41) is 14.5. The van der Waals surface area contributed by atoms with Gasteiger partial charge in [0.2, 0.25) is 0 Å². The number of halogens is 1. The van der Waals surface area contributed by atoms with Crippen LogP contribution in [0.4, 0.5) is 5.82 Å². The molecule has 0 atom stereocenters. The maximum absolute atomic E-state index is 9.72. The lowest BCUT2D eigenvalue weighted by molar-refractivity contribution is 0.462. The predicted octanol–water partition coefficient (Wildman–Crippen LogP) is 4.73. The molecule has 0 radical (unpaired) electrons. The summed E-state index contributed by atoms with van der Waals surface area (Å²) in [6.45, 7) is 0. The minimum absolute atomic E-state index is 0.143. The second-order valence-corrected chi connectivity index (χ2v) is 6.72. The molecule has 3 aromatic heterocycles. The molecule has 3 heterocycles. The molecule has 3 aromatic rings. The topological polar surface area (TPSA) is 73.8 Å². The summed E-state index contributed by atoms with van der Waals surface area (Å²) in [5.41, 5.74) is 2.63. The zero-order chi connectivity index (χ0) is 16.5. The summed E-state index contributed by atoms with van der Waals surface area (Å²) in [7, 11) is 0. The first-order chi connectivity index (χ1) is 11.7. The zero-order valence-electron chi connectivity index (χ0n) is 13.2. The molecule has 5 nitrogen and oxygen atoms in total. The molecule has 1 aliphatic rings. The first kappa shape index (κ1) is 15.3. The number of nitrogens with one attached hydrogen (secondary N) is 2. The van der Waals surface area contributed by atoms with Gasteiger partial charge in [0, 0.05) is 23.2 Å². The fourth-order valence-corrected chi connectivity index (χ4v) is 3.62. The molecule has 1 aliphatic carbocycles. The lowest BCUT2D eigenvalue weighted by Gasteiger charge is -2.23. The van der Waals surface area contributed by atoms with Gasteiger partial charge in [0.05, 0.1) is 6.20 Å². The van der Waals surface area contributed by atoms with Crippen LogP contribution in [-0.4, -0.2) is 26.1 Å². The fraction of sp³-hybridized carbons (Fsp3) is 0.333. The van der Waals surface area contributed by atoms with Crippen LogP contribution in [0.5, 0.6) is 5.75 Å². The second kappa shape index (κ2) is 6.32. The van der Waals surface area contributed by atoms with E-state index in [0.717, 1.165) is 28.0 Å². The number of aromatic nitrogens is 3. The largest absolute Gasteiger partial charge is 0.506 e. The highest BCUT2D eigenvalue weighted by Crippen LogP contribution is 2.32. The van der Waals surface area contributed by atoms with Crippen molar-refractivity contribution in [2.24, 2.45) is 0 Å². The summed E-state index contributed by atoms with van der Waals surface area (Å²) in [6, 6.07) is 6.01. The molecule has 4 rings (SSSR count). The maximum Gasteiger partial charge on any atom is 0.138 e. The van der Waals surface area contributed by atoms with E-state index in [9.17, 15) is 5.11 Å². The van der Waals surface area contributed by atoms with Crippen LogP contribution in [0.1, 0.15) is 32.1 Å². The lowest BCUT2D eigenvalue weighted by atomic mass is 9.95. The minimum atomic E-state index is 0.143. The number of aromatic hydroxyl groups is 1. The number of hydrogen-bond acceptors (Lipinski definition) is 4. The molecule has 6 heteroatoms. The van der Waals surface area contributed by atoms with Crippen molar-refractivity contribution in [3.05, 3.63) is 35.7 Å². The lowest BCUT2D eigenvalue weighted by Crippen LogP contribution is -2.22. The molecule has 0 aromatic carbocycles. The van der Waals surface area contributed by atoms with Gasteiger partial charge < -0.3 is 15.4 Å². The van der Waals surface area contributed by atoms with E-state index in [2.05, 4.69) is 20.3 Å². The highest BCUT2D eigenvalue weighted by Gasteiger charge is 2.15. The van der Waals surface area contributed by atoms with Crippen molar-refractivity contribution in [1.29, 1.82) is 0 Å². The third-order valence-corrected chi connectivity index (χ3v) is 4.77. The first-order valence-corrected chi connectivity index (χ1v) is 8.67. The van der Waals surface area contributed by atoms with Gasteiger partial charge in [-0.2, -0.15) is 0 Å². The van der Waals surface area contributed by atoms with E-state index >= 15 is 0 Å². The van der Waals surface area contributed by atoms with Crippen LogP contribution in [-0.2, 0) is 0 Å². The van der Waals surface area contributed by atoms with E-state index in [1.165, 1.54) is 38.3 Å². The van der Waals surface area contributed by atoms with Crippen LogP contribution < -0.4 is 5.32 Å². The summed E-state index contributed by atoms with van der Waals surface area (Å²) in [5.74, 6) is 0.941. The van der Waals surface area contributed by atoms with Crippen molar-refractivity contribution in [1.82, 2.24) is 15.0 Å². The third-order valence-electron chi connectivity index (χ3n) is 4.58. The predicted molar refractivity (Wildman–Crippen MR) is 96.5 cm³/mol. The van der Waals surface area contributed by atoms with E-state index in [1.54, 1.807) is 6.07 Å². The number of nitrogens with zero attached hydrogens (tertiary/aromatic N) is 2. The van der Waals surface area contributed by atoms with Crippen LogP contribution in [0, 0.1) is 0 Å². The van der Waals surface area contributed by atoms with Crippen molar-refractivity contribution in [3.63, 3.8) is 0 Å². The monoisotopic (exact) mass is 342 g/mol. The van der Waals surface area contributed by atoms with Crippen LogP contribution >= 0.6 is 11.6 Å². The Hall–Kier alpha value is -2.27. The average molecular weight is 343 g/mol. The summed E-state index contributed by atoms with van der Waals surface area (Å²) in [6.07, 6.45) is 9.50. The van der Waals surface area contributed by atoms with Crippen molar-refractivity contribution in [3.8, 4) is 16.9 Å². The minimum Gasteiger partial charge on any atom is -0.506 e. The van der Waals surface area contributed by atoms with E-state index < -0.39 is 0 Å². The van der Waals surface area contributed by atoms with Gasteiger partial charge in [-0.05, 0) is 36.6 Å². The van der Waals surface area contributed by atoms with Crippen LogP contribution in [0.2, 0.25) is 5.15 Å². The van der Waals surface area contributed by atoms with Crippen molar-refractivity contribution in [2.75, 3.05) is 5.32 Å². The Bertz CT molecular complexity index is 871. The Labute approximate surface area is 145 Å². The van der Waals surface area contributed by atoms with Gasteiger partial charge in [-0.25, -0.2) is 9.97 Å². The van der Waals surface area contributed by atoms with Crippen molar-refractivity contribution < 1.29 is 5.11 Å². The number of aromatic amines is 1. The number of fused-ring (bicyclic) bond motifs is 1. The molecule has 0 spiro atoms. The molecule has 3 N–H and O–H groups in total. The normalized spacial score (nSPS) is 15.7.